The highest BCUT2D eigenvalue weighted by atomic mass is 16.2. The van der Waals surface area contributed by atoms with Gasteiger partial charge in [-0.15, -0.1) is 0 Å². The van der Waals surface area contributed by atoms with E-state index in [1.807, 2.05) is 26.0 Å². The van der Waals surface area contributed by atoms with Crippen molar-refractivity contribution in [1.82, 2.24) is 20.1 Å². The molecule has 1 aromatic heterocycles. The largest absolute Gasteiger partial charge is 0.334 e. The molecule has 3 amide bonds. The smallest absolute Gasteiger partial charge is 0.319 e. The third-order valence-corrected chi connectivity index (χ3v) is 4.78. The van der Waals surface area contributed by atoms with E-state index in [0.717, 1.165) is 31.2 Å². The summed E-state index contributed by atoms with van der Waals surface area (Å²) >= 11 is 0. The minimum Gasteiger partial charge on any atom is -0.334 e. The van der Waals surface area contributed by atoms with Gasteiger partial charge in [0.1, 0.15) is 12.7 Å². The summed E-state index contributed by atoms with van der Waals surface area (Å²) in [6, 6.07) is 5.13. The highest BCUT2D eigenvalue weighted by Gasteiger charge is 2.22. The Kier molecular flexibility index (Phi) is 6.05. The highest BCUT2D eigenvalue weighted by molar-refractivity contribution is 5.95. The number of aryl methyl sites for hydroxylation is 1. The van der Waals surface area contributed by atoms with Crippen molar-refractivity contribution in [2.45, 2.75) is 52.1 Å². The number of hydrogen-bond donors (Lipinski definition) is 3. The van der Waals surface area contributed by atoms with Crippen LogP contribution in [-0.2, 0) is 11.3 Å². The van der Waals surface area contributed by atoms with Gasteiger partial charge in [0.2, 0.25) is 5.91 Å². The summed E-state index contributed by atoms with van der Waals surface area (Å²) in [4.78, 5) is 28.5. The molecular formula is C19H26N6O2. The van der Waals surface area contributed by atoms with E-state index < -0.39 is 0 Å². The lowest BCUT2D eigenvalue weighted by atomic mass is 10.1. The van der Waals surface area contributed by atoms with Gasteiger partial charge in [0.15, 0.2) is 0 Å². The van der Waals surface area contributed by atoms with Gasteiger partial charge in [-0.25, -0.2) is 9.78 Å². The molecular weight excluding hydrogens is 344 g/mol. The van der Waals surface area contributed by atoms with Gasteiger partial charge in [-0.3, -0.25) is 9.48 Å². The third kappa shape index (κ3) is 5.29. The molecule has 1 atom stereocenters. The zero-order chi connectivity index (χ0) is 19.2. The van der Waals surface area contributed by atoms with Crippen molar-refractivity contribution in [3.8, 4) is 0 Å². The lowest BCUT2D eigenvalue weighted by Crippen LogP contribution is -2.38. The summed E-state index contributed by atoms with van der Waals surface area (Å²) in [6.45, 7) is 4.34. The number of aromatic nitrogens is 3. The molecule has 0 bridgehead atoms. The second-order valence-corrected chi connectivity index (χ2v) is 7.12. The van der Waals surface area contributed by atoms with Gasteiger partial charge in [-0.2, -0.15) is 5.10 Å². The molecule has 8 nitrogen and oxygen atoms in total. The Morgan fingerprint density at radius 1 is 1.26 bits per heavy atom. The molecule has 0 spiro atoms. The van der Waals surface area contributed by atoms with E-state index in [-0.39, 0.29) is 23.9 Å². The molecule has 0 radical (unpaired) electrons. The molecule has 2 aromatic rings. The molecule has 0 saturated heterocycles. The SMILES string of the molecule is Cc1ccc(NC(=O)C2CCCC2)cc1NC(=O)NC(C)Cn1cncn1. The maximum Gasteiger partial charge on any atom is 0.319 e. The molecule has 3 rings (SSSR count). The number of hydrogen-bond acceptors (Lipinski definition) is 4. The number of urea groups is 1. The summed E-state index contributed by atoms with van der Waals surface area (Å²) in [5.74, 6) is 0.164. The van der Waals surface area contributed by atoms with Crippen molar-refractivity contribution in [2.24, 2.45) is 5.92 Å². The molecule has 27 heavy (non-hydrogen) atoms. The van der Waals surface area contributed by atoms with Crippen LogP contribution >= 0.6 is 0 Å². The predicted octanol–water partition coefficient (Wildman–Crippen LogP) is 2.93. The molecule has 1 aromatic carbocycles. The Morgan fingerprint density at radius 2 is 2.04 bits per heavy atom. The van der Waals surface area contributed by atoms with Gasteiger partial charge in [0, 0.05) is 23.3 Å². The maximum atomic E-state index is 12.3. The van der Waals surface area contributed by atoms with Crippen molar-refractivity contribution in [2.75, 3.05) is 10.6 Å². The van der Waals surface area contributed by atoms with Gasteiger partial charge >= 0.3 is 6.03 Å². The number of anilines is 2. The Bertz CT molecular complexity index is 784. The summed E-state index contributed by atoms with van der Waals surface area (Å²) in [5, 5.41) is 12.7. The highest BCUT2D eigenvalue weighted by Crippen LogP contribution is 2.27. The standard InChI is InChI=1S/C19H26N6O2/c1-13-7-8-16(23-18(26)15-5-3-4-6-15)9-17(13)24-19(27)22-14(2)10-25-12-20-11-21-25/h7-9,11-12,14-15H,3-6,10H2,1-2H3,(H,23,26)(H2,22,24,27). The first-order chi connectivity index (χ1) is 13.0. The Labute approximate surface area is 158 Å². The molecule has 8 heteroatoms. The van der Waals surface area contributed by atoms with Gasteiger partial charge in [-0.1, -0.05) is 18.9 Å². The zero-order valence-corrected chi connectivity index (χ0v) is 15.7. The molecule has 3 N–H and O–H groups in total. The van der Waals surface area contributed by atoms with Gasteiger partial charge in [0.25, 0.3) is 0 Å². The van der Waals surface area contributed by atoms with Gasteiger partial charge in [-0.05, 0) is 44.4 Å². The predicted molar refractivity (Wildman–Crippen MR) is 103 cm³/mol. The summed E-state index contributed by atoms with van der Waals surface area (Å²) in [7, 11) is 0. The first-order valence-electron chi connectivity index (χ1n) is 9.32. The fraction of sp³-hybridized carbons (Fsp3) is 0.474. The minimum absolute atomic E-state index is 0.0632. The van der Waals surface area contributed by atoms with Crippen LogP contribution in [0.1, 0.15) is 38.2 Å². The van der Waals surface area contributed by atoms with E-state index in [9.17, 15) is 9.59 Å². The lowest BCUT2D eigenvalue weighted by molar-refractivity contribution is -0.119. The van der Waals surface area contributed by atoms with Crippen molar-refractivity contribution in [1.29, 1.82) is 0 Å². The van der Waals surface area contributed by atoms with Crippen molar-refractivity contribution < 1.29 is 9.59 Å². The normalized spacial score (nSPS) is 15.3. The third-order valence-electron chi connectivity index (χ3n) is 4.78. The van der Waals surface area contributed by atoms with Crippen LogP contribution in [0.25, 0.3) is 0 Å². The zero-order valence-electron chi connectivity index (χ0n) is 15.7. The number of amides is 3. The minimum atomic E-state index is -0.301. The van der Waals surface area contributed by atoms with Crippen molar-refractivity contribution in [3.63, 3.8) is 0 Å². The molecule has 1 aliphatic rings. The molecule has 1 aliphatic carbocycles. The molecule has 0 aliphatic heterocycles. The Morgan fingerprint density at radius 3 is 2.74 bits per heavy atom. The first-order valence-corrected chi connectivity index (χ1v) is 9.32. The molecule has 1 unspecified atom stereocenters. The molecule has 144 valence electrons. The number of carbonyl (C=O) groups is 2. The maximum absolute atomic E-state index is 12.3. The van der Waals surface area contributed by atoms with E-state index in [1.54, 1.807) is 17.1 Å². The van der Waals surface area contributed by atoms with E-state index in [2.05, 4.69) is 26.0 Å². The van der Waals surface area contributed by atoms with Gasteiger partial charge in [0.05, 0.1) is 6.54 Å². The average molecular weight is 370 g/mol. The number of nitrogens with one attached hydrogen (secondary N) is 3. The fourth-order valence-electron chi connectivity index (χ4n) is 3.30. The van der Waals surface area contributed by atoms with Crippen LogP contribution in [-0.4, -0.2) is 32.7 Å². The lowest BCUT2D eigenvalue weighted by Gasteiger charge is -2.16. The summed E-state index contributed by atoms with van der Waals surface area (Å²) < 4.78 is 1.66. The van der Waals surface area contributed by atoms with Crippen molar-refractivity contribution >= 4 is 23.3 Å². The molecule has 1 fully saturated rings. The van der Waals surface area contributed by atoms with Crippen LogP contribution in [0.15, 0.2) is 30.9 Å². The second-order valence-electron chi connectivity index (χ2n) is 7.12. The Hall–Kier alpha value is -2.90. The molecule has 1 saturated carbocycles. The topological polar surface area (TPSA) is 101 Å². The first kappa shape index (κ1) is 18.9. The quantitative estimate of drug-likeness (QED) is 0.728. The van der Waals surface area contributed by atoms with Crippen molar-refractivity contribution in [3.05, 3.63) is 36.4 Å². The van der Waals surface area contributed by atoms with Crippen LogP contribution in [0.3, 0.4) is 0 Å². The average Bonchev–Trinajstić information content (AvgIpc) is 3.31. The number of rotatable bonds is 6. The number of carbonyl (C=O) groups excluding carboxylic acids is 2. The van der Waals surface area contributed by atoms with Crippen LogP contribution in [0.2, 0.25) is 0 Å². The molecule has 1 heterocycles. The van der Waals surface area contributed by atoms with Crippen LogP contribution in [0.4, 0.5) is 16.2 Å². The second kappa shape index (κ2) is 8.66. The van der Waals surface area contributed by atoms with E-state index in [4.69, 9.17) is 0 Å². The summed E-state index contributed by atoms with van der Waals surface area (Å²) in [6.07, 6.45) is 7.21. The van der Waals surface area contributed by atoms with E-state index in [0.29, 0.717) is 17.9 Å². The Balaban J connectivity index is 1.56. The van der Waals surface area contributed by atoms with E-state index >= 15 is 0 Å². The van der Waals surface area contributed by atoms with Crippen LogP contribution in [0, 0.1) is 12.8 Å². The monoisotopic (exact) mass is 370 g/mol. The summed E-state index contributed by atoms with van der Waals surface area (Å²) in [5.41, 5.74) is 2.29. The van der Waals surface area contributed by atoms with E-state index in [1.165, 1.54) is 6.33 Å². The number of benzene rings is 1. The number of nitrogens with zero attached hydrogens (tertiary/aromatic N) is 3. The van der Waals surface area contributed by atoms with Crippen LogP contribution in [0.5, 0.6) is 0 Å². The van der Waals surface area contributed by atoms with Gasteiger partial charge < -0.3 is 16.0 Å². The van der Waals surface area contributed by atoms with Crippen LogP contribution < -0.4 is 16.0 Å². The fourth-order valence-corrected chi connectivity index (χ4v) is 3.30.